The van der Waals surface area contributed by atoms with Crippen LogP contribution >= 0.6 is 0 Å². The third-order valence-electron chi connectivity index (χ3n) is 6.41. The largest absolute Gasteiger partial charge is 0.487 e. The van der Waals surface area contributed by atoms with Crippen LogP contribution in [0.5, 0.6) is 11.5 Å². The number of para-hydroxylation sites is 2. The molecule has 0 aliphatic rings. The summed E-state index contributed by atoms with van der Waals surface area (Å²) in [6, 6.07) is 38.6. The van der Waals surface area contributed by atoms with E-state index in [1.54, 1.807) is 6.07 Å². The van der Waals surface area contributed by atoms with Crippen molar-refractivity contribution in [1.82, 2.24) is 9.97 Å². The molecule has 2 amide bonds. The van der Waals surface area contributed by atoms with E-state index in [0.29, 0.717) is 19.0 Å². The fraction of sp³-hybridized carbons (Fsp3) is 0.111. The van der Waals surface area contributed by atoms with Crippen LogP contribution in [0.3, 0.4) is 0 Å². The highest BCUT2D eigenvalue weighted by atomic mass is 16.5. The number of fused-ring (bicyclic) bond motifs is 2. The minimum Gasteiger partial charge on any atom is -0.487 e. The van der Waals surface area contributed by atoms with Crippen molar-refractivity contribution < 1.29 is 19.1 Å². The summed E-state index contributed by atoms with van der Waals surface area (Å²) in [5.41, 5.74) is 5.13. The monoisotopic (exact) mass is 584 g/mol. The third kappa shape index (κ3) is 8.62. The van der Waals surface area contributed by atoms with E-state index in [1.165, 1.54) is 13.8 Å². The number of hydrogen-bond acceptors (Lipinski definition) is 6. The van der Waals surface area contributed by atoms with E-state index in [0.717, 1.165) is 50.3 Å². The van der Waals surface area contributed by atoms with Crippen LogP contribution in [0.4, 0.5) is 11.4 Å². The number of anilines is 2. The van der Waals surface area contributed by atoms with Gasteiger partial charge in [-0.15, -0.1) is 0 Å². The Hall–Kier alpha value is -5.76. The Labute approximate surface area is 255 Å². The maximum atomic E-state index is 11.1. The summed E-state index contributed by atoms with van der Waals surface area (Å²) < 4.78 is 11.5. The molecule has 0 aliphatic heterocycles. The first-order chi connectivity index (χ1) is 21.4. The number of ether oxygens (including phenoxy) is 2. The molecule has 0 aliphatic carbocycles. The van der Waals surface area contributed by atoms with Gasteiger partial charge in [0.1, 0.15) is 24.7 Å². The molecule has 0 unspecified atom stereocenters. The van der Waals surface area contributed by atoms with Gasteiger partial charge < -0.3 is 20.1 Å². The number of rotatable bonds is 8. The molecule has 6 aromatic rings. The third-order valence-corrected chi connectivity index (χ3v) is 6.41. The number of amides is 2. The zero-order valence-corrected chi connectivity index (χ0v) is 24.5. The van der Waals surface area contributed by atoms with Gasteiger partial charge in [-0.2, -0.15) is 0 Å². The Balaban J connectivity index is 0.000000175. The van der Waals surface area contributed by atoms with Crippen molar-refractivity contribution >= 4 is 45.0 Å². The minimum atomic E-state index is -0.103. The molecule has 0 saturated carbocycles. The molecule has 220 valence electrons. The number of carbonyl (C=O) groups is 2. The summed E-state index contributed by atoms with van der Waals surface area (Å²) in [4.78, 5) is 31.2. The number of nitrogens with zero attached hydrogens (tertiary/aromatic N) is 2. The number of benzene rings is 4. The first-order valence-electron chi connectivity index (χ1n) is 14.1. The summed E-state index contributed by atoms with van der Waals surface area (Å²) in [6.45, 7) is 3.75. The SMILES string of the molecule is CC(=O)Nc1ccc(OCc2ccc3ccccc3n2)cc1.CC(=O)Nc1cccc(OCc2ccc3ccccc3n2)c1. The van der Waals surface area contributed by atoms with E-state index in [1.807, 2.05) is 115 Å². The van der Waals surface area contributed by atoms with E-state index in [4.69, 9.17) is 9.47 Å². The zero-order chi connectivity index (χ0) is 30.7. The fourth-order valence-electron chi connectivity index (χ4n) is 4.40. The summed E-state index contributed by atoms with van der Waals surface area (Å²) >= 11 is 0. The average Bonchev–Trinajstić information content (AvgIpc) is 3.03. The predicted octanol–water partition coefficient (Wildman–Crippen LogP) is 7.54. The molecule has 2 N–H and O–H groups in total. The zero-order valence-electron chi connectivity index (χ0n) is 24.5. The molecule has 6 rings (SSSR count). The lowest BCUT2D eigenvalue weighted by Gasteiger charge is -2.08. The van der Waals surface area contributed by atoms with Crippen molar-refractivity contribution in [3.8, 4) is 11.5 Å². The Kier molecular flexibility index (Phi) is 9.74. The van der Waals surface area contributed by atoms with E-state index < -0.39 is 0 Å². The van der Waals surface area contributed by atoms with E-state index in [9.17, 15) is 9.59 Å². The number of carbonyl (C=O) groups excluding carboxylic acids is 2. The van der Waals surface area contributed by atoms with Crippen LogP contribution in [-0.4, -0.2) is 21.8 Å². The van der Waals surface area contributed by atoms with Crippen molar-refractivity contribution in [2.75, 3.05) is 10.6 Å². The van der Waals surface area contributed by atoms with Gasteiger partial charge in [0.25, 0.3) is 0 Å². The molecular weight excluding hydrogens is 552 g/mol. The molecular formula is C36H32N4O4. The van der Waals surface area contributed by atoms with Gasteiger partial charge in [-0.3, -0.25) is 9.59 Å². The molecule has 44 heavy (non-hydrogen) atoms. The van der Waals surface area contributed by atoms with Crippen molar-refractivity contribution in [1.29, 1.82) is 0 Å². The Bertz CT molecular complexity index is 1890. The van der Waals surface area contributed by atoms with Crippen LogP contribution in [0.25, 0.3) is 21.8 Å². The minimum absolute atomic E-state index is 0.0889. The fourth-order valence-corrected chi connectivity index (χ4v) is 4.40. The van der Waals surface area contributed by atoms with Gasteiger partial charge in [0.2, 0.25) is 11.8 Å². The van der Waals surface area contributed by atoms with Crippen molar-refractivity contribution in [2.45, 2.75) is 27.1 Å². The number of pyridine rings is 2. The van der Waals surface area contributed by atoms with Crippen molar-refractivity contribution in [3.05, 3.63) is 133 Å². The Morgan fingerprint density at radius 3 is 1.64 bits per heavy atom. The lowest BCUT2D eigenvalue weighted by molar-refractivity contribution is -0.115. The first kappa shape index (κ1) is 29.7. The highest BCUT2D eigenvalue weighted by Gasteiger charge is 2.03. The molecule has 0 atom stereocenters. The molecule has 4 aromatic carbocycles. The molecule has 2 heterocycles. The molecule has 2 aromatic heterocycles. The summed E-state index contributed by atoms with van der Waals surface area (Å²) in [5.74, 6) is 1.24. The standard InChI is InChI=1S/2C18H16N2O2/c1-13(21)19-15-6-4-7-17(11-15)22-12-16-10-9-14-5-2-3-8-18(14)20-16;1-13(21)19-15-8-10-17(11-9-15)22-12-16-7-6-14-4-2-3-5-18(14)20-16/h2*2-11H,12H2,1H3,(H,19,21). The van der Waals surface area contributed by atoms with Crippen LogP contribution in [0, 0.1) is 0 Å². The van der Waals surface area contributed by atoms with Gasteiger partial charge >= 0.3 is 0 Å². The Morgan fingerprint density at radius 2 is 1.07 bits per heavy atom. The van der Waals surface area contributed by atoms with Gasteiger partial charge in [0.05, 0.1) is 22.4 Å². The number of nitrogens with one attached hydrogen (secondary N) is 2. The van der Waals surface area contributed by atoms with Crippen LogP contribution < -0.4 is 20.1 Å². The lowest BCUT2D eigenvalue weighted by Crippen LogP contribution is -2.05. The molecule has 0 saturated heterocycles. The normalized spacial score (nSPS) is 10.4. The van der Waals surface area contributed by atoms with Crippen LogP contribution in [-0.2, 0) is 22.8 Å². The second-order valence-electron chi connectivity index (χ2n) is 9.98. The topological polar surface area (TPSA) is 102 Å². The maximum absolute atomic E-state index is 11.1. The van der Waals surface area contributed by atoms with Crippen molar-refractivity contribution in [3.63, 3.8) is 0 Å². The number of aromatic nitrogens is 2. The van der Waals surface area contributed by atoms with Crippen LogP contribution in [0.2, 0.25) is 0 Å². The van der Waals surface area contributed by atoms with E-state index in [2.05, 4.69) is 20.6 Å². The van der Waals surface area contributed by atoms with Crippen LogP contribution in [0.15, 0.2) is 121 Å². The van der Waals surface area contributed by atoms with Crippen LogP contribution in [0.1, 0.15) is 25.2 Å². The van der Waals surface area contributed by atoms with E-state index in [-0.39, 0.29) is 11.8 Å². The summed E-state index contributed by atoms with van der Waals surface area (Å²) in [7, 11) is 0. The van der Waals surface area contributed by atoms with E-state index >= 15 is 0 Å². The summed E-state index contributed by atoms with van der Waals surface area (Å²) in [6.07, 6.45) is 0. The second kappa shape index (κ2) is 14.4. The van der Waals surface area contributed by atoms with Gasteiger partial charge in [-0.05, 0) is 60.7 Å². The maximum Gasteiger partial charge on any atom is 0.221 e. The molecule has 8 nitrogen and oxygen atoms in total. The smallest absolute Gasteiger partial charge is 0.221 e. The molecule has 0 radical (unpaired) electrons. The number of hydrogen-bond donors (Lipinski definition) is 2. The highest BCUT2D eigenvalue weighted by molar-refractivity contribution is 5.89. The van der Waals surface area contributed by atoms with Gasteiger partial charge in [0, 0.05) is 42.1 Å². The second-order valence-corrected chi connectivity index (χ2v) is 9.98. The van der Waals surface area contributed by atoms with Gasteiger partial charge in [0.15, 0.2) is 0 Å². The molecule has 0 spiro atoms. The molecule has 0 bridgehead atoms. The first-order valence-corrected chi connectivity index (χ1v) is 14.1. The molecule has 8 heteroatoms. The predicted molar refractivity (Wildman–Crippen MR) is 174 cm³/mol. The Morgan fingerprint density at radius 1 is 0.545 bits per heavy atom. The summed E-state index contributed by atoms with van der Waals surface area (Å²) in [5, 5.41) is 7.68. The van der Waals surface area contributed by atoms with Gasteiger partial charge in [-0.25, -0.2) is 9.97 Å². The highest BCUT2D eigenvalue weighted by Crippen LogP contribution is 2.20. The molecule has 0 fully saturated rings. The van der Waals surface area contributed by atoms with Gasteiger partial charge in [-0.1, -0.05) is 54.6 Å². The average molecular weight is 585 g/mol. The quantitative estimate of drug-likeness (QED) is 0.192. The van der Waals surface area contributed by atoms with Crippen molar-refractivity contribution in [2.24, 2.45) is 0 Å². The lowest BCUT2D eigenvalue weighted by atomic mass is 10.2.